The number of nitrogens with zero attached hydrogens (tertiary/aromatic N) is 1. The Kier molecular flexibility index (Phi) is 4.49. The Morgan fingerprint density at radius 1 is 1.24 bits per heavy atom. The summed E-state index contributed by atoms with van der Waals surface area (Å²) < 4.78 is 0. The molecule has 2 rings (SSSR count). The molecule has 0 unspecified atom stereocenters. The summed E-state index contributed by atoms with van der Waals surface area (Å²) in [6.07, 6.45) is 1.51. The van der Waals surface area contributed by atoms with Crippen LogP contribution in [0.4, 0.5) is 5.69 Å². The van der Waals surface area contributed by atoms with E-state index in [1.54, 1.807) is 6.07 Å². The number of carbonyl (C=O) groups excluding carboxylic acids is 1. The predicted octanol–water partition coefficient (Wildman–Crippen LogP) is 2.99. The van der Waals surface area contributed by atoms with Gasteiger partial charge in [-0.25, -0.2) is 4.79 Å². The lowest BCUT2D eigenvalue weighted by Crippen LogP contribution is -2.13. The summed E-state index contributed by atoms with van der Waals surface area (Å²) >= 11 is 1.42. The number of hydrogen-bond donors (Lipinski definition) is 2. The molecule has 1 amide bonds. The largest absolute Gasteiger partial charge is 0.478 e. The van der Waals surface area contributed by atoms with Crippen LogP contribution in [-0.2, 0) is 4.79 Å². The lowest BCUT2D eigenvalue weighted by Gasteiger charge is -2.04. The molecule has 0 saturated carbocycles. The van der Waals surface area contributed by atoms with E-state index in [9.17, 15) is 9.59 Å². The van der Waals surface area contributed by atoms with Crippen LogP contribution in [0.1, 0.15) is 15.2 Å². The van der Waals surface area contributed by atoms with Crippen LogP contribution in [0.2, 0.25) is 0 Å². The zero-order valence-corrected chi connectivity index (χ0v) is 11.6. The molecule has 0 saturated heterocycles. The molecule has 0 bridgehead atoms. The van der Waals surface area contributed by atoms with Crippen molar-refractivity contribution < 1.29 is 14.7 Å². The summed E-state index contributed by atoms with van der Waals surface area (Å²) in [7, 11) is 0. The van der Waals surface area contributed by atoms with Crippen molar-refractivity contribution in [2.24, 2.45) is 0 Å². The molecule has 1 heterocycles. The third-order valence-corrected chi connectivity index (χ3v) is 3.40. The summed E-state index contributed by atoms with van der Waals surface area (Å²) in [5, 5.41) is 22.2. The normalized spacial score (nSPS) is 10.7. The molecule has 0 aliphatic heterocycles. The first-order chi connectivity index (χ1) is 10.1. The molecule has 0 spiro atoms. The second-order valence-electron chi connectivity index (χ2n) is 4.02. The molecule has 0 aliphatic rings. The van der Waals surface area contributed by atoms with Crippen LogP contribution >= 0.6 is 11.3 Å². The van der Waals surface area contributed by atoms with Gasteiger partial charge in [0.25, 0.3) is 5.91 Å². The highest BCUT2D eigenvalue weighted by Gasteiger charge is 2.10. The molecule has 0 fully saturated rings. The smallest absolute Gasteiger partial charge is 0.335 e. The number of anilines is 1. The summed E-state index contributed by atoms with van der Waals surface area (Å²) in [6.45, 7) is 0. The number of thiophene rings is 1. The van der Waals surface area contributed by atoms with E-state index in [1.165, 1.54) is 41.7 Å². The zero-order chi connectivity index (χ0) is 15.2. The van der Waals surface area contributed by atoms with Gasteiger partial charge < -0.3 is 10.4 Å². The number of rotatable bonds is 4. The molecule has 0 atom stereocenters. The van der Waals surface area contributed by atoms with Gasteiger partial charge in [-0.1, -0.05) is 6.07 Å². The Hall–Kier alpha value is -2.91. The van der Waals surface area contributed by atoms with Crippen molar-refractivity contribution in [3.05, 3.63) is 57.8 Å². The van der Waals surface area contributed by atoms with Crippen molar-refractivity contribution in [2.75, 3.05) is 5.32 Å². The fourth-order valence-electron chi connectivity index (χ4n) is 1.56. The molecule has 1 aromatic heterocycles. The van der Waals surface area contributed by atoms with Crippen LogP contribution in [0.3, 0.4) is 0 Å². The van der Waals surface area contributed by atoms with Crippen molar-refractivity contribution in [3.63, 3.8) is 0 Å². The van der Waals surface area contributed by atoms with Crippen molar-refractivity contribution in [1.82, 2.24) is 0 Å². The molecule has 2 aromatic rings. The van der Waals surface area contributed by atoms with E-state index in [0.29, 0.717) is 5.69 Å². The second-order valence-corrected chi connectivity index (χ2v) is 5.00. The van der Waals surface area contributed by atoms with E-state index in [2.05, 4.69) is 5.32 Å². The number of carboxylic acid groups (broad SMARTS) is 1. The lowest BCUT2D eigenvalue weighted by atomic mass is 10.2. The average molecular weight is 298 g/mol. The summed E-state index contributed by atoms with van der Waals surface area (Å²) in [5.74, 6) is -1.57. The summed E-state index contributed by atoms with van der Waals surface area (Å²) in [5.41, 5.74) is 0.541. The minimum atomic E-state index is -1.04. The third kappa shape index (κ3) is 3.78. The van der Waals surface area contributed by atoms with Crippen LogP contribution < -0.4 is 5.32 Å². The highest BCUT2D eigenvalue weighted by Crippen LogP contribution is 2.15. The quantitative estimate of drug-likeness (QED) is 0.670. The van der Waals surface area contributed by atoms with Gasteiger partial charge in [0.2, 0.25) is 0 Å². The van der Waals surface area contributed by atoms with Crippen LogP contribution in [0, 0.1) is 11.3 Å². The highest BCUT2D eigenvalue weighted by molar-refractivity contribution is 7.10. The minimum absolute atomic E-state index is 0.0141. The highest BCUT2D eigenvalue weighted by atomic mass is 32.1. The fraction of sp³-hybridized carbons (Fsp3) is 0. The first-order valence-electron chi connectivity index (χ1n) is 5.90. The van der Waals surface area contributed by atoms with Crippen LogP contribution in [0.5, 0.6) is 0 Å². The van der Waals surface area contributed by atoms with Gasteiger partial charge in [0.1, 0.15) is 11.6 Å². The van der Waals surface area contributed by atoms with Gasteiger partial charge >= 0.3 is 5.97 Å². The van der Waals surface area contributed by atoms with E-state index < -0.39 is 11.9 Å². The van der Waals surface area contributed by atoms with Gasteiger partial charge in [-0.05, 0) is 41.8 Å². The van der Waals surface area contributed by atoms with Gasteiger partial charge in [0, 0.05) is 10.6 Å². The minimum Gasteiger partial charge on any atom is -0.478 e. The summed E-state index contributed by atoms with van der Waals surface area (Å²) in [4.78, 5) is 23.5. The molecule has 104 valence electrons. The number of nitrogens with one attached hydrogen (secondary N) is 1. The first kappa shape index (κ1) is 14.5. The summed E-state index contributed by atoms with van der Waals surface area (Å²) in [6, 6.07) is 11.2. The van der Waals surface area contributed by atoms with E-state index in [-0.39, 0.29) is 11.1 Å². The van der Waals surface area contributed by atoms with E-state index in [1.807, 2.05) is 17.5 Å². The Labute approximate surface area is 124 Å². The third-order valence-electron chi connectivity index (χ3n) is 2.58. The van der Waals surface area contributed by atoms with Crippen molar-refractivity contribution in [3.8, 4) is 6.07 Å². The van der Waals surface area contributed by atoms with E-state index in [4.69, 9.17) is 10.4 Å². The van der Waals surface area contributed by atoms with Gasteiger partial charge in [-0.3, -0.25) is 4.79 Å². The Morgan fingerprint density at radius 3 is 2.48 bits per heavy atom. The number of carbonyl (C=O) groups is 2. The molecule has 0 radical (unpaired) electrons. The van der Waals surface area contributed by atoms with Crippen LogP contribution in [-0.4, -0.2) is 17.0 Å². The predicted molar refractivity (Wildman–Crippen MR) is 79.9 cm³/mol. The molecule has 21 heavy (non-hydrogen) atoms. The van der Waals surface area contributed by atoms with E-state index >= 15 is 0 Å². The first-order valence-corrected chi connectivity index (χ1v) is 6.78. The second kappa shape index (κ2) is 6.50. The topological polar surface area (TPSA) is 90.2 Å². The standard InChI is InChI=1S/C15H10N2O3S/c16-9-11(8-13-2-1-7-21-13)14(18)17-12-5-3-10(4-6-12)15(19)20/h1-8H,(H,17,18)(H,19,20)/b11-8+. The molecular formula is C15H10N2O3S. The number of amides is 1. The van der Waals surface area contributed by atoms with Crippen LogP contribution in [0.25, 0.3) is 6.08 Å². The molecular weight excluding hydrogens is 288 g/mol. The van der Waals surface area contributed by atoms with Crippen molar-refractivity contribution in [1.29, 1.82) is 5.26 Å². The average Bonchev–Trinajstić information content (AvgIpc) is 2.98. The SMILES string of the molecule is N#C/C(=C\c1cccs1)C(=O)Nc1ccc(C(=O)O)cc1. The Balaban J connectivity index is 2.13. The Bertz CT molecular complexity index is 725. The number of carboxylic acids is 1. The number of aromatic carboxylic acids is 1. The molecule has 5 nitrogen and oxygen atoms in total. The van der Waals surface area contributed by atoms with Crippen molar-refractivity contribution in [2.45, 2.75) is 0 Å². The molecule has 0 aliphatic carbocycles. The van der Waals surface area contributed by atoms with Crippen molar-refractivity contribution >= 4 is 35.0 Å². The number of nitriles is 1. The number of hydrogen-bond acceptors (Lipinski definition) is 4. The Morgan fingerprint density at radius 2 is 1.95 bits per heavy atom. The van der Waals surface area contributed by atoms with Gasteiger partial charge in [-0.15, -0.1) is 11.3 Å². The maximum atomic E-state index is 12.0. The maximum Gasteiger partial charge on any atom is 0.335 e. The monoisotopic (exact) mass is 298 g/mol. The molecule has 1 aromatic carbocycles. The molecule has 2 N–H and O–H groups in total. The van der Waals surface area contributed by atoms with E-state index in [0.717, 1.165) is 4.88 Å². The van der Waals surface area contributed by atoms with Gasteiger partial charge in [0.15, 0.2) is 0 Å². The number of benzene rings is 1. The zero-order valence-electron chi connectivity index (χ0n) is 10.7. The maximum absolute atomic E-state index is 12.0. The lowest BCUT2D eigenvalue weighted by molar-refractivity contribution is -0.112. The van der Waals surface area contributed by atoms with Crippen LogP contribution in [0.15, 0.2) is 47.4 Å². The van der Waals surface area contributed by atoms with Gasteiger partial charge in [0.05, 0.1) is 5.56 Å². The van der Waals surface area contributed by atoms with Gasteiger partial charge in [-0.2, -0.15) is 5.26 Å². The molecule has 6 heteroatoms. The fourth-order valence-corrected chi connectivity index (χ4v) is 2.22.